The zero-order valence-corrected chi connectivity index (χ0v) is 13.2. The summed E-state index contributed by atoms with van der Waals surface area (Å²) in [5.41, 5.74) is 4.95. The van der Waals surface area contributed by atoms with Gasteiger partial charge in [0.2, 0.25) is 0 Å². The summed E-state index contributed by atoms with van der Waals surface area (Å²) in [5.74, 6) is 0.997. The van der Waals surface area contributed by atoms with Crippen molar-refractivity contribution in [2.45, 2.75) is 45.8 Å². The number of anilines is 1. The van der Waals surface area contributed by atoms with Gasteiger partial charge in [0, 0.05) is 17.7 Å². The van der Waals surface area contributed by atoms with E-state index in [-0.39, 0.29) is 11.6 Å². The van der Waals surface area contributed by atoms with Crippen molar-refractivity contribution in [2.75, 3.05) is 5.32 Å². The molecular weight excluding hydrogens is 258 g/mol. The highest BCUT2D eigenvalue weighted by Gasteiger charge is 2.33. The molecule has 0 amide bonds. The largest absolute Gasteiger partial charge is 0.487 e. The summed E-state index contributed by atoms with van der Waals surface area (Å²) in [6, 6.07) is 15.1. The fraction of sp³-hybridized carbons (Fsp3) is 0.368. The number of nitrogens with one attached hydrogen (secondary N) is 1. The molecule has 2 nitrogen and oxygen atoms in total. The first-order chi connectivity index (χ1) is 9.96. The van der Waals surface area contributed by atoms with Crippen LogP contribution in [0.2, 0.25) is 0 Å². The Balaban J connectivity index is 1.96. The van der Waals surface area contributed by atoms with Gasteiger partial charge in [-0.25, -0.2) is 0 Å². The molecule has 1 aliphatic heterocycles. The highest BCUT2D eigenvalue weighted by molar-refractivity contribution is 5.56. The SMILES string of the molecule is Cc1cccc(NC2CC(C)(C)Oc3ccccc32)c1C. The summed E-state index contributed by atoms with van der Waals surface area (Å²) in [6.07, 6.45) is 0.956. The van der Waals surface area contributed by atoms with Crippen molar-refractivity contribution in [3.63, 3.8) is 0 Å². The van der Waals surface area contributed by atoms with Gasteiger partial charge >= 0.3 is 0 Å². The molecule has 0 aromatic heterocycles. The molecule has 0 saturated carbocycles. The summed E-state index contributed by atoms with van der Waals surface area (Å²) in [6.45, 7) is 8.64. The van der Waals surface area contributed by atoms with E-state index in [1.54, 1.807) is 0 Å². The van der Waals surface area contributed by atoms with Crippen LogP contribution in [0.3, 0.4) is 0 Å². The van der Waals surface area contributed by atoms with Gasteiger partial charge in [-0.15, -0.1) is 0 Å². The Morgan fingerprint density at radius 2 is 1.81 bits per heavy atom. The second-order valence-electron chi connectivity index (χ2n) is 6.55. The van der Waals surface area contributed by atoms with E-state index < -0.39 is 0 Å². The molecule has 1 unspecified atom stereocenters. The first kappa shape index (κ1) is 14.0. The number of fused-ring (bicyclic) bond motifs is 1. The monoisotopic (exact) mass is 281 g/mol. The topological polar surface area (TPSA) is 21.3 Å². The van der Waals surface area contributed by atoms with Gasteiger partial charge in [-0.3, -0.25) is 0 Å². The van der Waals surface area contributed by atoms with Gasteiger partial charge in [-0.2, -0.15) is 0 Å². The smallest absolute Gasteiger partial charge is 0.125 e. The van der Waals surface area contributed by atoms with E-state index in [1.807, 2.05) is 6.07 Å². The fourth-order valence-corrected chi connectivity index (χ4v) is 3.03. The highest BCUT2D eigenvalue weighted by atomic mass is 16.5. The third-order valence-corrected chi connectivity index (χ3v) is 4.31. The summed E-state index contributed by atoms with van der Waals surface area (Å²) >= 11 is 0. The van der Waals surface area contributed by atoms with Gasteiger partial charge < -0.3 is 10.1 Å². The number of benzene rings is 2. The Labute approximate surface area is 127 Å². The quantitative estimate of drug-likeness (QED) is 0.834. The number of aryl methyl sites for hydroxylation is 1. The Hall–Kier alpha value is -1.96. The van der Waals surface area contributed by atoms with E-state index in [9.17, 15) is 0 Å². The minimum absolute atomic E-state index is 0.149. The van der Waals surface area contributed by atoms with Crippen molar-refractivity contribution < 1.29 is 4.74 Å². The van der Waals surface area contributed by atoms with Gasteiger partial charge in [0.25, 0.3) is 0 Å². The van der Waals surface area contributed by atoms with Crippen molar-refractivity contribution >= 4 is 5.69 Å². The Kier molecular flexibility index (Phi) is 3.40. The molecule has 2 heteroatoms. The summed E-state index contributed by atoms with van der Waals surface area (Å²) in [4.78, 5) is 0. The van der Waals surface area contributed by atoms with Gasteiger partial charge in [0.05, 0.1) is 6.04 Å². The lowest BCUT2D eigenvalue weighted by molar-refractivity contribution is 0.0759. The lowest BCUT2D eigenvalue weighted by Crippen LogP contribution is -2.37. The summed E-state index contributed by atoms with van der Waals surface area (Å²) in [7, 11) is 0. The first-order valence-corrected chi connectivity index (χ1v) is 7.57. The van der Waals surface area contributed by atoms with Crippen molar-refractivity contribution in [2.24, 2.45) is 0 Å². The first-order valence-electron chi connectivity index (χ1n) is 7.57. The van der Waals surface area contributed by atoms with Crippen LogP contribution in [0.5, 0.6) is 5.75 Å². The number of para-hydroxylation sites is 1. The van der Waals surface area contributed by atoms with E-state index in [4.69, 9.17) is 4.74 Å². The molecule has 0 radical (unpaired) electrons. The zero-order chi connectivity index (χ0) is 15.0. The summed E-state index contributed by atoms with van der Waals surface area (Å²) < 4.78 is 6.10. The van der Waals surface area contributed by atoms with Crippen LogP contribution in [0.1, 0.15) is 43.0 Å². The van der Waals surface area contributed by atoms with Gasteiger partial charge in [-0.05, 0) is 51.0 Å². The fourth-order valence-electron chi connectivity index (χ4n) is 3.03. The number of rotatable bonds is 2. The predicted molar refractivity (Wildman–Crippen MR) is 88.0 cm³/mol. The molecule has 2 aromatic rings. The maximum absolute atomic E-state index is 6.10. The van der Waals surface area contributed by atoms with Crippen LogP contribution in [0, 0.1) is 13.8 Å². The van der Waals surface area contributed by atoms with Crippen molar-refractivity contribution in [1.82, 2.24) is 0 Å². The highest BCUT2D eigenvalue weighted by Crippen LogP contribution is 2.41. The Morgan fingerprint density at radius 3 is 2.62 bits per heavy atom. The molecule has 3 rings (SSSR count). The zero-order valence-electron chi connectivity index (χ0n) is 13.2. The van der Waals surface area contributed by atoms with Gasteiger partial charge in [0.15, 0.2) is 0 Å². The summed E-state index contributed by atoms with van der Waals surface area (Å²) in [5, 5.41) is 3.72. The Bertz CT molecular complexity index is 660. The standard InChI is InChI=1S/C19H23NO/c1-13-8-7-10-16(14(13)2)20-17-12-19(3,4)21-18-11-6-5-9-15(17)18/h5-11,17,20H,12H2,1-4H3. The molecule has 21 heavy (non-hydrogen) atoms. The average molecular weight is 281 g/mol. The van der Waals surface area contributed by atoms with Gasteiger partial charge in [0.1, 0.15) is 11.4 Å². The molecule has 0 saturated heterocycles. The predicted octanol–water partition coefficient (Wildman–Crippen LogP) is 5.02. The normalized spacial score (nSPS) is 19.5. The molecule has 1 atom stereocenters. The number of hydrogen-bond acceptors (Lipinski definition) is 2. The third-order valence-electron chi connectivity index (χ3n) is 4.31. The molecule has 0 bridgehead atoms. The van der Waals surface area contributed by atoms with Crippen LogP contribution in [-0.4, -0.2) is 5.60 Å². The molecule has 1 heterocycles. The van der Waals surface area contributed by atoms with Crippen LogP contribution in [0.15, 0.2) is 42.5 Å². The van der Waals surface area contributed by atoms with E-state index in [0.717, 1.165) is 12.2 Å². The molecule has 2 aromatic carbocycles. The minimum Gasteiger partial charge on any atom is -0.487 e. The van der Waals surface area contributed by atoms with Gasteiger partial charge in [-0.1, -0.05) is 30.3 Å². The van der Waals surface area contributed by atoms with Crippen molar-refractivity contribution in [3.8, 4) is 5.75 Å². The van der Waals surface area contributed by atoms with E-state index >= 15 is 0 Å². The number of hydrogen-bond donors (Lipinski definition) is 1. The molecule has 1 N–H and O–H groups in total. The molecule has 0 fully saturated rings. The lowest BCUT2D eigenvalue weighted by atomic mass is 9.89. The maximum Gasteiger partial charge on any atom is 0.125 e. The lowest BCUT2D eigenvalue weighted by Gasteiger charge is -2.38. The molecule has 0 aliphatic carbocycles. The maximum atomic E-state index is 6.10. The Morgan fingerprint density at radius 1 is 1.05 bits per heavy atom. The van der Waals surface area contributed by atoms with E-state index in [2.05, 4.69) is 69.4 Å². The molecule has 110 valence electrons. The molecule has 1 aliphatic rings. The van der Waals surface area contributed by atoms with Crippen LogP contribution in [0.4, 0.5) is 5.69 Å². The van der Waals surface area contributed by atoms with E-state index in [0.29, 0.717) is 0 Å². The average Bonchev–Trinajstić information content (AvgIpc) is 2.42. The number of ether oxygens (including phenoxy) is 1. The molecule has 0 spiro atoms. The van der Waals surface area contributed by atoms with Crippen molar-refractivity contribution in [3.05, 3.63) is 59.2 Å². The van der Waals surface area contributed by atoms with Crippen LogP contribution >= 0.6 is 0 Å². The van der Waals surface area contributed by atoms with E-state index in [1.165, 1.54) is 22.4 Å². The molecular formula is C19H23NO. The van der Waals surface area contributed by atoms with Crippen molar-refractivity contribution in [1.29, 1.82) is 0 Å². The minimum atomic E-state index is -0.149. The van der Waals surface area contributed by atoms with Crippen LogP contribution < -0.4 is 10.1 Å². The second kappa shape index (κ2) is 5.10. The van der Waals surface area contributed by atoms with Crippen LogP contribution in [-0.2, 0) is 0 Å². The van der Waals surface area contributed by atoms with Crippen LogP contribution in [0.25, 0.3) is 0 Å². The third kappa shape index (κ3) is 2.76. The second-order valence-corrected chi connectivity index (χ2v) is 6.55.